The molecule has 4 nitrogen and oxygen atoms in total. The maximum Gasteiger partial charge on any atom is 0.151 e. The molecule has 0 saturated carbocycles. The van der Waals surface area contributed by atoms with Gasteiger partial charge in [-0.2, -0.15) is 0 Å². The van der Waals surface area contributed by atoms with Crippen molar-refractivity contribution in [3.8, 4) is 0 Å². The molecule has 0 spiro atoms. The number of nitrogens with zero attached hydrogens (tertiary/aromatic N) is 1. The molecule has 2 atom stereocenters. The highest BCUT2D eigenvalue weighted by Gasteiger charge is 2.13. The highest BCUT2D eigenvalue weighted by Crippen LogP contribution is 2.21. The minimum atomic E-state index is -0.757. The summed E-state index contributed by atoms with van der Waals surface area (Å²) in [5.74, 6) is 0. The molecule has 0 saturated heterocycles. The second-order valence-electron chi connectivity index (χ2n) is 2.95. The maximum atomic E-state index is 9.55. The number of nitrogen functional groups attached to an aromatic ring is 1. The Hall–Kier alpha value is -0.840. The molecule has 1 heterocycles. The van der Waals surface area contributed by atoms with Crippen LogP contribution in [0.15, 0.2) is 12.3 Å². The number of aliphatic hydroxyl groups is 1. The van der Waals surface area contributed by atoms with Crippen LogP contribution < -0.4 is 11.5 Å². The summed E-state index contributed by atoms with van der Waals surface area (Å²) >= 11 is 5.62. The third-order valence-corrected chi connectivity index (χ3v) is 2.04. The third-order valence-electron chi connectivity index (χ3n) is 1.73. The summed E-state index contributed by atoms with van der Waals surface area (Å²) in [4.78, 5) is 3.81. The normalized spacial score (nSPS) is 15.4. The summed E-state index contributed by atoms with van der Waals surface area (Å²) in [7, 11) is 0. The van der Waals surface area contributed by atoms with Crippen LogP contribution in [0.2, 0.25) is 5.15 Å². The molecule has 13 heavy (non-hydrogen) atoms. The SMILES string of the molecule is C[C@@H](N)[C@@H](O)c1cnc(Cl)c(N)c1. The number of nitrogens with two attached hydrogens (primary N) is 2. The monoisotopic (exact) mass is 201 g/mol. The van der Waals surface area contributed by atoms with E-state index in [0.717, 1.165) is 0 Å². The van der Waals surface area contributed by atoms with Gasteiger partial charge in [-0.25, -0.2) is 4.98 Å². The van der Waals surface area contributed by atoms with E-state index in [1.54, 1.807) is 13.0 Å². The van der Waals surface area contributed by atoms with Crippen LogP contribution in [-0.2, 0) is 0 Å². The Kier molecular flexibility index (Phi) is 3.08. The Balaban J connectivity index is 2.97. The topological polar surface area (TPSA) is 85.2 Å². The molecular weight excluding hydrogens is 190 g/mol. The Morgan fingerprint density at radius 2 is 2.23 bits per heavy atom. The number of hydrogen-bond donors (Lipinski definition) is 3. The summed E-state index contributed by atoms with van der Waals surface area (Å²) in [6.45, 7) is 1.70. The van der Waals surface area contributed by atoms with Crippen LogP contribution in [-0.4, -0.2) is 16.1 Å². The molecule has 1 rings (SSSR count). The van der Waals surface area contributed by atoms with Gasteiger partial charge in [-0.15, -0.1) is 0 Å². The quantitative estimate of drug-likeness (QED) is 0.615. The lowest BCUT2D eigenvalue weighted by Gasteiger charge is -2.14. The highest BCUT2D eigenvalue weighted by atomic mass is 35.5. The van der Waals surface area contributed by atoms with Crippen molar-refractivity contribution in [3.05, 3.63) is 23.0 Å². The van der Waals surface area contributed by atoms with Gasteiger partial charge >= 0.3 is 0 Å². The largest absolute Gasteiger partial charge is 0.396 e. The molecule has 1 aromatic heterocycles. The van der Waals surface area contributed by atoms with Crippen LogP contribution in [0.5, 0.6) is 0 Å². The van der Waals surface area contributed by atoms with Gasteiger partial charge in [0.1, 0.15) is 0 Å². The van der Waals surface area contributed by atoms with Gasteiger partial charge in [0.2, 0.25) is 0 Å². The smallest absolute Gasteiger partial charge is 0.151 e. The Labute approximate surface area is 81.5 Å². The summed E-state index contributed by atoms with van der Waals surface area (Å²) in [5.41, 5.74) is 11.9. The van der Waals surface area contributed by atoms with Gasteiger partial charge in [0.15, 0.2) is 5.15 Å². The Morgan fingerprint density at radius 1 is 1.62 bits per heavy atom. The summed E-state index contributed by atoms with van der Waals surface area (Å²) < 4.78 is 0. The first-order chi connectivity index (χ1) is 6.02. The zero-order valence-electron chi connectivity index (χ0n) is 7.24. The summed E-state index contributed by atoms with van der Waals surface area (Å²) in [6.07, 6.45) is 0.708. The van der Waals surface area contributed by atoms with Gasteiger partial charge < -0.3 is 16.6 Å². The van der Waals surface area contributed by atoms with Crippen molar-refractivity contribution in [1.82, 2.24) is 4.98 Å². The molecular formula is C8H12ClN3O. The molecule has 0 fully saturated rings. The van der Waals surface area contributed by atoms with E-state index < -0.39 is 6.10 Å². The van der Waals surface area contributed by atoms with Crippen molar-refractivity contribution < 1.29 is 5.11 Å². The molecule has 5 N–H and O–H groups in total. The fraction of sp³-hybridized carbons (Fsp3) is 0.375. The fourth-order valence-corrected chi connectivity index (χ4v) is 1.05. The highest BCUT2D eigenvalue weighted by molar-refractivity contribution is 6.31. The minimum Gasteiger partial charge on any atom is -0.396 e. The van der Waals surface area contributed by atoms with Crippen molar-refractivity contribution >= 4 is 17.3 Å². The van der Waals surface area contributed by atoms with Crippen molar-refractivity contribution in [2.24, 2.45) is 5.73 Å². The molecule has 0 aliphatic rings. The van der Waals surface area contributed by atoms with E-state index in [4.69, 9.17) is 23.1 Å². The standard InChI is InChI=1S/C8H12ClN3O/c1-4(10)7(13)5-2-6(11)8(9)12-3-5/h2-4,7,13H,10-11H2,1H3/t4-,7-/m1/s1. The van der Waals surface area contributed by atoms with Gasteiger partial charge in [0.25, 0.3) is 0 Å². The first-order valence-corrected chi connectivity index (χ1v) is 4.24. The van der Waals surface area contributed by atoms with Crippen LogP contribution >= 0.6 is 11.6 Å². The number of aromatic nitrogens is 1. The van der Waals surface area contributed by atoms with Crippen molar-refractivity contribution in [1.29, 1.82) is 0 Å². The second-order valence-corrected chi connectivity index (χ2v) is 3.31. The molecule has 0 radical (unpaired) electrons. The first kappa shape index (κ1) is 10.2. The van der Waals surface area contributed by atoms with Gasteiger partial charge in [0, 0.05) is 17.8 Å². The predicted octanol–water partition coefficient (Wildman–Crippen LogP) is 0.698. The number of anilines is 1. The lowest BCUT2D eigenvalue weighted by atomic mass is 10.1. The third kappa shape index (κ3) is 2.30. The van der Waals surface area contributed by atoms with Crippen LogP contribution in [0.25, 0.3) is 0 Å². The maximum absolute atomic E-state index is 9.55. The van der Waals surface area contributed by atoms with E-state index >= 15 is 0 Å². The molecule has 0 aliphatic carbocycles. The molecule has 0 unspecified atom stereocenters. The lowest BCUT2D eigenvalue weighted by molar-refractivity contribution is 0.153. The molecule has 0 aromatic carbocycles. The van der Waals surface area contributed by atoms with Gasteiger partial charge in [-0.3, -0.25) is 0 Å². The molecule has 72 valence electrons. The zero-order valence-corrected chi connectivity index (χ0v) is 7.99. The number of rotatable bonds is 2. The van der Waals surface area contributed by atoms with Crippen LogP contribution in [0.1, 0.15) is 18.6 Å². The van der Waals surface area contributed by atoms with Gasteiger partial charge in [-0.1, -0.05) is 11.6 Å². The number of aliphatic hydroxyl groups excluding tert-OH is 1. The first-order valence-electron chi connectivity index (χ1n) is 3.87. The summed E-state index contributed by atoms with van der Waals surface area (Å²) in [5, 5.41) is 9.79. The minimum absolute atomic E-state index is 0.237. The van der Waals surface area contributed by atoms with Crippen molar-refractivity contribution in [2.45, 2.75) is 19.1 Å². The zero-order chi connectivity index (χ0) is 10.0. The molecule has 0 bridgehead atoms. The fourth-order valence-electron chi connectivity index (χ4n) is 0.947. The molecule has 5 heteroatoms. The van der Waals surface area contributed by atoms with E-state index in [9.17, 15) is 5.11 Å². The Bertz CT molecular complexity index is 303. The van der Waals surface area contributed by atoms with Crippen molar-refractivity contribution in [2.75, 3.05) is 5.73 Å². The van der Waals surface area contributed by atoms with E-state index in [1.165, 1.54) is 6.20 Å². The average molecular weight is 202 g/mol. The van der Waals surface area contributed by atoms with Crippen LogP contribution in [0.3, 0.4) is 0 Å². The Morgan fingerprint density at radius 3 is 2.69 bits per heavy atom. The van der Waals surface area contributed by atoms with E-state index in [-0.39, 0.29) is 11.2 Å². The molecule has 1 aromatic rings. The predicted molar refractivity (Wildman–Crippen MR) is 52.3 cm³/mol. The lowest BCUT2D eigenvalue weighted by Crippen LogP contribution is -2.24. The molecule has 0 amide bonds. The van der Waals surface area contributed by atoms with Crippen LogP contribution in [0, 0.1) is 0 Å². The number of hydrogen-bond acceptors (Lipinski definition) is 4. The number of pyridine rings is 1. The van der Waals surface area contributed by atoms with Gasteiger partial charge in [0.05, 0.1) is 11.8 Å². The number of halogens is 1. The van der Waals surface area contributed by atoms with E-state index in [1.807, 2.05) is 0 Å². The van der Waals surface area contributed by atoms with E-state index in [0.29, 0.717) is 11.3 Å². The van der Waals surface area contributed by atoms with E-state index in [2.05, 4.69) is 4.98 Å². The average Bonchev–Trinajstić information content (AvgIpc) is 2.08. The summed E-state index contributed by atoms with van der Waals surface area (Å²) in [6, 6.07) is 1.21. The van der Waals surface area contributed by atoms with Gasteiger partial charge in [-0.05, 0) is 13.0 Å². The van der Waals surface area contributed by atoms with Crippen LogP contribution in [0.4, 0.5) is 5.69 Å². The second kappa shape index (κ2) is 3.91. The van der Waals surface area contributed by atoms with Crippen molar-refractivity contribution in [3.63, 3.8) is 0 Å². The molecule has 0 aliphatic heterocycles.